The minimum Gasteiger partial charge on any atom is -0.464 e. The number of ether oxygens (including phenoxy) is 1. The number of rotatable bonds is 2. The Morgan fingerprint density at radius 3 is 2.71 bits per heavy atom. The van der Waals surface area contributed by atoms with Gasteiger partial charge in [-0.2, -0.15) is 5.10 Å². The van der Waals surface area contributed by atoms with Crippen LogP contribution in [0.15, 0.2) is 24.4 Å². The molecule has 17 heavy (non-hydrogen) atoms. The molecule has 0 atom stereocenters. The Morgan fingerprint density at radius 1 is 1.41 bits per heavy atom. The van der Waals surface area contributed by atoms with Crippen LogP contribution in [0, 0.1) is 0 Å². The molecular formula is C9H7BF3N2O2-. The summed E-state index contributed by atoms with van der Waals surface area (Å²) in [5, 5.41) is 3.79. The molecule has 2 heterocycles. The number of pyridine rings is 1. The Kier molecular flexibility index (Phi) is 2.57. The van der Waals surface area contributed by atoms with Crippen LogP contribution in [-0.4, -0.2) is 29.7 Å². The topological polar surface area (TPSA) is 43.6 Å². The molecule has 0 fully saturated rings. The van der Waals surface area contributed by atoms with Gasteiger partial charge < -0.3 is 17.7 Å². The summed E-state index contributed by atoms with van der Waals surface area (Å²) >= 11 is 0. The molecule has 0 spiro atoms. The quantitative estimate of drug-likeness (QED) is 0.587. The van der Waals surface area contributed by atoms with Gasteiger partial charge in [0.2, 0.25) is 0 Å². The predicted molar refractivity (Wildman–Crippen MR) is 55.2 cm³/mol. The van der Waals surface area contributed by atoms with Crippen LogP contribution >= 0.6 is 0 Å². The van der Waals surface area contributed by atoms with Gasteiger partial charge in [0.15, 0.2) is 5.69 Å². The average Bonchev–Trinajstić information content (AvgIpc) is 2.69. The SMILES string of the molecule is COC(=O)c1cc2cc([B-](F)(F)F)ccn2n1. The highest BCUT2D eigenvalue weighted by Gasteiger charge is 2.25. The third-order valence-corrected chi connectivity index (χ3v) is 2.26. The zero-order valence-electron chi connectivity index (χ0n) is 8.73. The molecule has 0 bridgehead atoms. The van der Waals surface area contributed by atoms with Crippen molar-refractivity contribution in [3.05, 3.63) is 30.1 Å². The van der Waals surface area contributed by atoms with Crippen molar-refractivity contribution in [2.75, 3.05) is 7.11 Å². The van der Waals surface area contributed by atoms with Crippen LogP contribution in [0.3, 0.4) is 0 Å². The monoisotopic (exact) mass is 243 g/mol. The average molecular weight is 243 g/mol. The maximum Gasteiger partial charge on any atom is 0.509 e. The zero-order valence-corrected chi connectivity index (χ0v) is 8.73. The van der Waals surface area contributed by atoms with E-state index < -0.39 is 18.4 Å². The maximum absolute atomic E-state index is 12.5. The highest BCUT2D eigenvalue weighted by atomic mass is 19.4. The van der Waals surface area contributed by atoms with E-state index in [0.29, 0.717) is 0 Å². The lowest BCUT2D eigenvalue weighted by atomic mass is 9.81. The molecule has 0 saturated carbocycles. The second-order valence-corrected chi connectivity index (χ2v) is 3.43. The summed E-state index contributed by atoms with van der Waals surface area (Å²) in [5.74, 6) is -0.687. The molecule has 8 heteroatoms. The van der Waals surface area contributed by atoms with Crippen molar-refractivity contribution in [3.63, 3.8) is 0 Å². The minimum atomic E-state index is -5.06. The molecule has 0 aliphatic carbocycles. The summed E-state index contributed by atoms with van der Waals surface area (Å²) in [7, 11) is 1.18. The van der Waals surface area contributed by atoms with Crippen molar-refractivity contribution in [1.29, 1.82) is 0 Å². The van der Waals surface area contributed by atoms with E-state index in [0.717, 1.165) is 18.3 Å². The summed E-state index contributed by atoms with van der Waals surface area (Å²) in [6, 6.07) is 3.11. The van der Waals surface area contributed by atoms with Crippen molar-refractivity contribution in [1.82, 2.24) is 9.61 Å². The molecular weight excluding hydrogens is 236 g/mol. The van der Waals surface area contributed by atoms with Crippen molar-refractivity contribution in [3.8, 4) is 0 Å². The number of esters is 1. The number of hydrogen-bond donors (Lipinski definition) is 0. The van der Waals surface area contributed by atoms with Crippen LogP contribution < -0.4 is 5.46 Å². The lowest BCUT2D eigenvalue weighted by Gasteiger charge is -2.14. The molecule has 0 radical (unpaired) electrons. The Hall–Kier alpha value is -1.99. The Balaban J connectivity index is 2.52. The first kappa shape index (κ1) is 11.5. The predicted octanol–water partition coefficient (Wildman–Crippen LogP) is 1.18. The number of methoxy groups -OCH3 is 1. The number of carbonyl (C=O) groups excluding carboxylic acids is 1. The van der Waals surface area contributed by atoms with Crippen LogP contribution in [0.2, 0.25) is 0 Å². The summed E-state index contributed by atoms with van der Waals surface area (Å²) in [6.45, 7) is -5.06. The van der Waals surface area contributed by atoms with Gasteiger partial charge in [0.1, 0.15) is 0 Å². The van der Waals surface area contributed by atoms with Crippen LogP contribution in [0.1, 0.15) is 10.5 Å². The van der Waals surface area contributed by atoms with Crippen molar-refractivity contribution < 1.29 is 22.5 Å². The van der Waals surface area contributed by atoms with E-state index in [1.54, 1.807) is 0 Å². The van der Waals surface area contributed by atoms with Crippen LogP contribution in [-0.2, 0) is 4.74 Å². The Morgan fingerprint density at radius 2 is 2.12 bits per heavy atom. The number of halogens is 3. The van der Waals surface area contributed by atoms with Gasteiger partial charge in [-0.3, -0.25) is 0 Å². The minimum absolute atomic E-state index is 0.0284. The number of hydrogen-bond acceptors (Lipinski definition) is 3. The molecule has 0 aromatic carbocycles. The molecule has 0 aliphatic heterocycles. The Labute approximate surface area is 94.0 Å². The summed E-state index contributed by atoms with van der Waals surface area (Å²) in [6.07, 6.45) is 1.16. The number of fused-ring (bicyclic) bond motifs is 1. The van der Waals surface area contributed by atoms with E-state index in [1.165, 1.54) is 17.7 Å². The molecule has 0 aliphatic rings. The van der Waals surface area contributed by atoms with E-state index in [4.69, 9.17) is 0 Å². The lowest BCUT2D eigenvalue weighted by molar-refractivity contribution is 0.0593. The summed E-state index contributed by atoms with van der Waals surface area (Å²) in [5.41, 5.74) is -0.560. The third kappa shape index (κ3) is 2.10. The molecule has 90 valence electrons. The highest BCUT2D eigenvalue weighted by Crippen LogP contribution is 2.12. The number of nitrogens with zero attached hydrogens (tertiary/aromatic N) is 2. The van der Waals surface area contributed by atoms with Crippen LogP contribution in [0.5, 0.6) is 0 Å². The van der Waals surface area contributed by atoms with Crippen molar-refractivity contribution >= 4 is 23.9 Å². The van der Waals surface area contributed by atoms with Gasteiger partial charge in [-0.15, -0.1) is 5.46 Å². The molecule has 2 aromatic rings. The fourth-order valence-electron chi connectivity index (χ4n) is 1.42. The first-order chi connectivity index (χ1) is 7.91. The van der Waals surface area contributed by atoms with E-state index in [9.17, 15) is 17.7 Å². The highest BCUT2D eigenvalue weighted by molar-refractivity contribution is 6.73. The van der Waals surface area contributed by atoms with E-state index in [2.05, 4.69) is 9.84 Å². The lowest BCUT2D eigenvalue weighted by Crippen LogP contribution is -2.34. The molecule has 4 nitrogen and oxygen atoms in total. The number of aromatic nitrogens is 2. The van der Waals surface area contributed by atoms with Gasteiger partial charge in [0, 0.05) is 6.20 Å². The zero-order chi connectivity index (χ0) is 12.6. The van der Waals surface area contributed by atoms with Gasteiger partial charge in [-0.05, 0) is 6.07 Å². The molecule has 0 amide bonds. The standard InChI is InChI=1S/C9H7BF3N2O2/c1-17-9(16)8-5-7-4-6(10(11,12)13)2-3-15(7)14-8/h2-5H,1H3/q-1. The maximum atomic E-state index is 12.5. The van der Waals surface area contributed by atoms with Gasteiger partial charge in [-0.1, -0.05) is 12.1 Å². The molecule has 2 aromatic heterocycles. The second-order valence-electron chi connectivity index (χ2n) is 3.43. The first-order valence-corrected chi connectivity index (χ1v) is 4.69. The second kappa shape index (κ2) is 3.79. The molecule has 2 rings (SSSR count). The fraction of sp³-hybridized carbons (Fsp3) is 0.111. The van der Waals surface area contributed by atoms with Gasteiger partial charge in [0.05, 0.1) is 12.6 Å². The van der Waals surface area contributed by atoms with E-state index in [-0.39, 0.29) is 11.2 Å². The normalized spacial score (nSPS) is 11.8. The smallest absolute Gasteiger partial charge is 0.464 e. The Bertz CT molecular complexity index is 579. The molecule has 0 saturated heterocycles. The third-order valence-electron chi connectivity index (χ3n) is 2.26. The largest absolute Gasteiger partial charge is 0.509 e. The molecule has 0 unspecified atom stereocenters. The number of carbonyl (C=O) groups is 1. The summed E-state index contributed by atoms with van der Waals surface area (Å²) < 4.78 is 43.1. The summed E-state index contributed by atoms with van der Waals surface area (Å²) in [4.78, 5) is 11.1. The van der Waals surface area contributed by atoms with Gasteiger partial charge in [0.25, 0.3) is 0 Å². The van der Waals surface area contributed by atoms with Crippen molar-refractivity contribution in [2.45, 2.75) is 0 Å². The van der Waals surface area contributed by atoms with Crippen molar-refractivity contribution in [2.24, 2.45) is 0 Å². The van der Waals surface area contributed by atoms with Gasteiger partial charge in [-0.25, -0.2) is 9.31 Å². The fourth-order valence-corrected chi connectivity index (χ4v) is 1.42. The van der Waals surface area contributed by atoms with E-state index in [1.807, 2.05) is 0 Å². The van der Waals surface area contributed by atoms with E-state index >= 15 is 0 Å². The van der Waals surface area contributed by atoms with Crippen LogP contribution in [0.4, 0.5) is 12.9 Å². The molecule has 0 N–H and O–H groups in total. The van der Waals surface area contributed by atoms with Crippen LogP contribution in [0.25, 0.3) is 5.52 Å². The van der Waals surface area contributed by atoms with Gasteiger partial charge >= 0.3 is 12.9 Å². The first-order valence-electron chi connectivity index (χ1n) is 4.69.